The number of carboxylic acids is 2. The summed E-state index contributed by atoms with van der Waals surface area (Å²) >= 11 is 0. The maximum absolute atomic E-state index is 13.1. The van der Waals surface area contributed by atoms with Gasteiger partial charge in [0.05, 0.1) is 11.1 Å². The Morgan fingerprint density at radius 3 is 1.13 bits per heavy atom. The molecule has 2 N–H and O–H groups in total. The predicted molar refractivity (Wildman–Crippen MR) is 211 cm³/mol. The molecular formula is C47H54O5. The number of rotatable bonds is 6. The molecule has 5 nitrogen and oxygen atoms in total. The van der Waals surface area contributed by atoms with Crippen molar-refractivity contribution in [2.45, 2.75) is 117 Å². The van der Waals surface area contributed by atoms with Crippen LogP contribution in [0.25, 0.3) is 5.57 Å². The number of hydrogen-bond acceptors (Lipinski definition) is 3. The fraction of sp³-hybridized carbons (Fsp3) is 0.383. The summed E-state index contributed by atoms with van der Waals surface area (Å²) in [6.07, 6.45) is 4.60. The van der Waals surface area contributed by atoms with Gasteiger partial charge >= 0.3 is 11.9 Å². The van der Waals surface area contributed by atoms with Crippen LogP contribution < -0.4 is 0 Å². The number of aromatic carboxylic acids is 2. The third-order valence-electron chi connectivity index (χ3n) is 11.8. The van der Waals surface area contributed by atoms with Crippen LogP contribution in [0.4, 0.5) is 0 Å². The maximum atomic E-state index is 13.1. The molecular weight excluding hydrogens is 645 g/mol. The van der Waals surface area contributed by atoms with Gasteiger partial charge in [0.2, 0.25) is 0 Å². The highest BCUT2D eigenvalue weighted by Crippen LogP contribution is 2.48. The van der Waals surface area contributed by atoms with Crippen molar-refractivity contribution in [2.24, 2.45) is 0 Å². The van der Waals surface area contributed by atoms with Crippen LogP contribution in [0.3, 0.4) is 0 Å². The number of aryl methyl sites for hydroxylation is 2. The Hall–Kier alpha value is -4.77. The van der Waals surface area contributed by atoms with Crippen molar-refractivity contribution in [3.8, 4) is 0 Å². The van der Waals surface area contributed by atoms with E-state index in [9.17, 15) is 14.4 Å². The molecule has 0 bridgehead atoms. The normalized spacial score (nSPS) is 17.4. The van der Waals surface area contributed by atoms with E-state index in [0.717, 1.165) is 35.1 Å². The summed E-state index contributed by atoms with van der Waals surface area (Å²) in [5, 5.41) is 18.1. The number of ketones is 1. The molecule has 0 heterocycles. The average molecular weight is 699 g/mol. The SMILES string of the molecule is C=C(c1ccc(C(=O)O)cc1)c1cc2c(cc1C)C(C)(C)CCC2(C)C.Cc1cc2c(cc1C(=O)c1ccc(C(=O)O)cc1)C(C)(C)CCC2(C)C. The van der Waals surface area contributed by atoms with Crippen molar-refractivity contribution in [2.75, 3.05) is 0 Å². The molecule has 0 spiro atoms. The van der Waals surface area contributed by atoms with E-state index in [1.54, 1.807) is 24.3 Å². The first-order chi connectivity index (χ1) is 24.1. The molecule has 0 atom stereocenters. The van der Waals surface area contributed by atoms with Gasteiger partial charge in [-0.15, -0.1) is 0 Å². The van der Waals surface area contributed by atoms with Crippen LogP contribution in [0, 0.1) is 13.8 Å². The lowest BCUT2D eigenvalue weighted by atomic mass is 9.62. The van der Waals surface area contributed by atoms with Gasteiger partial charge < -0.3 is 10.2 Å². The molecule has 5 heteroatoms. The number of hydrogen-bond donors (Lipinski definition) is 2. The van der Waals surface area contributed by atoms with Gasteiger partial charge in [-0.1, -0.05) is 104 Å². The standard InChI is InChI=1S/C24H28O2.C23H26O3/c1-15-13-20-21(24(5,6)12-11-23(20,3)4)14-19(15)16(2)17-7-9-18(10-8-17)22(25)26;1-14-12-18-19(23(4,5)11-10-22(18,2)3)13-17(14)20(24)15-6-8-16(9-7-15)21(25)26/h7-10,13-14H,2,11-12H2,1,3-6H3,(H,25,26);6-9,12-13H,10-11H2,1-5H3,(H,25,26). The van der Waals surface area contributed by atoms with Crippen molar-refractivity contribution in [1.29, 1.82) is 0 Å². The Kier molecular flexibility index (Phi) is 10.1. The van der Waals surface area contributed by atoms with E-state index in [0.29, 0.717) is 16.7 Å². The second-order valence-electron chi connectivity index (χ2n) is 17.5. The average Bonchev–Trinajstić information content (AvgIpc) is 3.08. The summed E-state index contributed by atoms with van der Waals surface area (Å²) in [5.74, 6) is -1.95. The number of carbonyl (C=O) groups is 3. The minimum Gasteiger partial charge on any atom is -0.478 e. The lowest BCUT2D eigenvalue weighted by Crippen LogP contribution is -2.34. The molecule has 0 aromatic heterocycles. The zero-order valence-corrected chi connectivity index (χ0v) is 32.6. The maximum Gasteiger partial charge on any atom is 0.335 e. The molecule has 0 amide bonds. The molecule has 0 unspecified atom stereocenters. The van der Waals surface area contributed by atoms with Crippen molar-refractivity contribution < 1.29 is 24.6 Å². The van der Waals surface area contributed by atoms with E-state index in [-0.39, 0.29) is 33.0 Å². The number of carboxylic acid groups (broad SMARTS) is 2. The van der Waals surface area contributed by atoms with E-state index in [1.807, 2.05) is 19.1 Å². The summed E-state index contributed by atoms with van der Waals surface area (Å²) in [6, 6.07) is 22.0. The van der Waals surface area contributed by atoms with E-state index in [4.69, 9.17) is 10.2 Å². The Labute approximate surface area is 309 Å². The van der Waals surface area contributed by atoms with E-state index >= 15 is 0 Å². The van der Waals surface area contributed by atoms with Gasteiger partial charge in [-0.3, -0.25) is 4.79 Å². The Morgan fingerprint density at radius 2 is 0.769 bits per heavy atom. The molecule has 52 heavy (non-hydrogen) atoms. The third kappa shape index (κ3) is 7.42. The summed E-state index contributed by atoms with van der Waals surface area (Å²) in [6.45, 7) is 26.8. The minimum atomic E-state index is -0.988. The van der Waals surface area contributed by atoms with E-state index < -0.39 is 11.9 Å². The van der Waals surface area contributed by atoms with Gasteiger partial charge in [0.1, 0.15) is 0 Å². The molecule has 272 valence electrons. The predicted octanol–water partition coefficient (Wildman–Crippen LogP) is 11.4. The Balaban J connectivity index is 0.000000201. The first-order valence-electron chi connectivity index (χ1n) is 18.3. The highest BCUT2D eigenvalue weighted by molar-refractivity contribution is 6.10. The fourth-order valence-electron chi connectivity index (χ4n) is 7.90. The summed E-state index contributed by atoms with van der Waals surface area (Å²) in [7, 11) is 0. The van der Waals surface area contributed by atoms with Gasteiger partial charge in [0.15, 0.2) is 5.78 Å². The summed E-state index contributed by atoms with van der Waals surface area (Å²) in [4.78, 5) is 35.1. The number of fused-ring (bicyclic) bond motifs is 2. The van der Waals surface area contributed by atoms with Crippen LogP contribution >= 0.6 is 0 Å². The molecule has 2 aliphatic carbocycles. The highest BCUT2D eigenvalue weighted by atomic mass is 16.4. The first kappa shape index (κ1) is 38.5. The van der Waals surface area contributed by atoms with Gasteiger partial charge in [-0.05, 0) is 142 Å². The molecule has 4 aromatic carbocycles. The van der Waals surface area contributed by atoms with Crippen molar-refractivity contribution in [3.05, 3.63) is 146 Å². The highest BCUT2D eigenvalue weighted by Gasteiger charge is 2.39. The Bertz CT molecular complexity index is 1920. The van der Waals surface area contributed by atoms with Crippen molar-refractivity contribution in [1.82, 2.24) is 0 Å². The van der Waals surface area contributed by atoms with Gasteiger partial charge in [-0.2, -0.15) is 0 Å². The van der Waals surface area contributed by atoms with Crippen LogP contribution in [0.15, 0.2) is 79.4 Å². The molecule has 6 rings (SSSR count). The summed E-state index contributed by atoms with van der Waals surface area (Å²) in [5.41, 5.74) is 12.9. The zero-order valence-electron chi connectivity index (χ0n) is 32.6. The molecule has 0 saturated heterocycles. The largest absolute Gasteiger partial charge is 0.478 e. The van der Waals surface area contributed by atoms with Crippen molar-refractivity contribution in [3.63, 3.8) is 0 Å². The van der Waals surface area contributed by atoms with Crippen LogP contribution in [0.2, 0.25) is 0 Å². The second kappa shape index (κ2) is 13.7. The van der Waals surface area contributed by atoms with E-state index in [2.05, 4.69) is 93.2 Å². The van der Waals surface area contributed by atoms with Crippen LogP contribution in [-0.4, -0.2) is 27.9 Å². The lowest BCUT2D eigenvalue weighted by Gasteiger charge is -2.42. The number of carbonyl (C=O) groups excluding carboxylic acids is 1. The molecule has 0 fully saturated rings. The van der Waals surface area contributed by atoms with Gasteiger partial charge in [0, 0.05) is 11.1 Å². The topological polar surface area (TPSA) is 91.7 Å². The monoisotopic (exact) mass is 698 g/mol. The zero-order chi connectivity index (χ0) is 38.6. The minimum absolute atomic E-state index is 0.0424. The molecule has 0 radical (unpaired) electrons. The molecule has 4 aromatic rings. The fourth-order valence-corrected chi connectivity index (χ4v) is 7.90. The van der Waals surface area contributed by atoms with Gasteiger partial charge in [-0.25, -0.2) is 9.59 Å². The second-order valence-corrected chi connectivity index (χ2v) is 17.5. The molecule has 0 saturated carbocycles. The third-order valence-corrected chi connectivity index (χ3v) is 11.8. The number of benzene rings is 4. The van der Waals surface area contributed by atoms with Crippen molar-refractivity contribution >= 4 is 23.3 Å². The quantitative estimate of drug-likeness (QED) is 0.196. The summed E-state index contributed by atoms with van der Waals surface area (Å²) < 4.78 is 0. The van der Waals surface area contributed by atoms with Crippen LogP contribution in [0.1, 0.15) is 162 Å². The molecule has 2 aliphatic rings. The Morgan fingerprint density at radius 1 is 0.481 bits per heavy atom. The smallest absolute Gasteiger partial charge is 0.335 e. The van der Waals surface area contributed by atoms with Gasteiger partial charge in [0.25, 0.3) is 0 Å². The van der Waals surface area contributed by atoms with E-state index in [1.165, 1.54) is 52.8 Å². The lowest BCUT2D eigenvalue weighted by molar-refractivity contribution is 0.0686. The first-order valence-corrected chi connectivity index (χ1v) is 18.3. The molecule has 0 aliphatic heterocycles. The van der Waals surface area contributed by atoms with Crippen LogP contribution in [-0.2, 0) is 21.7 Å². The van der Waals surface area contributed by atoms with Crippen LogP contribution in [0.5, 0.6) is 0 Å².